The number of hydrogen-bond acceptors (Lipinski definition) is 6. The zero-order valence-corrected chi connectivity index (χ0v) is 16.1. The lowest BCUT2D eigenvalue weighted by Crippen LogP contribution is -2.22. The second-order valence-corrected chi connectivity index (χ2v) is 6.87. The molecule has 3 rings (SSSR count). The van der Waals surface area contributed by atoms with Gasteiger partial charge in [0.05, 0.1) is 11.1 Å². The van der Waals surface area contributed by atoms with Crippen molar-refractivity contribution < 1.29 is 23.9 Å². The van der Waals surface area contributed by atoms with Crippen LogP contribution in [-0.2, 0) is 16.1 Å². The van der Waals surface area contributed by atoms with E-state index in [-0.39, 0.29) is 11.1 Å². The van der Waals surface area contributed by atoms with E-state index in [1.54, 1.807) is 29.6 Å². The van der Waals surface area contributed by atoms with Crippen molar-refractivity contribution in [1.29, 1.82) is 0 Å². The van der Waals surface area contributed by atoms with E-state index in [9.17, 15) is 14.4 Å². The molecule has 0 fully saturated rings. The number of carbonyl (C=O) groups is 3. The molecule has 0 aliphatic rings. The van der Waals surface area contributed by atoms with Crippen LogP contribution in [0, 0.1) is 0 Å². The summed E-state index contributed by atoms with van der Waals surface area (Å²) in [6.07, 6.45) is 0. The van der Waals surface area contributed by atoms with Crippen molar-refractivity contribution >= 4 is 34.1 Å². The highest BCUT2D eigenvalue weighted by Crippen LogP contribution is 2.22. The molecule has 1 aromatic heterocycles. The van der Waals surface area contributed by atoms with Gasteiger partial charge >= 0.3 is 5.97 Å². The van der Waals surface area contributed by atoms with E-state index in [0.29, 0.717) is 17.4 Å². The van der Waals surface area contributed by atoms with Gasteiger partial charge in [0.1, 0.15) is 17.4 Å². The topological polar surface area (TPSA) is 108 Å². The molecule has 8 heteroatoms. The molecule has 0 aliphatic heterocycles. The van der Waals surface area contributed by atoms with E-state index < -0.39 is 24.4 Å². The zero-order valence-electron chi connectivity index (χ0n) is 15.3. The van der Waals surface area contributed by atoms with Gasteiger partial charge in [-0.15, -0.1) is 11.3 Å². The number of primary amides is 1. The van der Waals surface area contributed by atoms with Gasteiger partial charge in [-0.1, -0.05) is 36.4 Å². The number of ether oxygens (including phenoxy) is 2. The third-order valence-electron chi connectivity index (χ3n) is 3.84. The van der Waals surface area contributed by atoms with Crippen molar-refractivity contribution in [3.63, 3.8) is 0 Å². The van der Waals surface area contributed by atoms with Gasteiger partial charge in [0.15, 0.2) is 6.61 Å². The lowest BCUT2D eigenvalue weighted by Gasteiger charge is -2.09. The SMILES string of the molecule is NC(=O)c1ccsc1NC(=O)COC(=O)c1cccc(OCc2ccccc2)c1. The Kier molecular flexibility index (Phi) is 6.59. The van der Waals surface area contributed by atoms with Crippen molar-refractivity contribution in [2.75, 3.05) is 11.9 Å². The molecule has 0 bridgehead atoms. The molecule has 0 unspecified atom stereocenters. The fraction of sp³-hybridized carbons (Fsp3) is 0.0952. The molecule has 0 aliphatic carbocycles. The molecule has 7 nitrogen and oxygen atoms in total. The monoisotopic (exact) mass is 410 g/mol. The van der Waals surface area contributed by atoms with Gasteiger partial charge in [-0.25, -0.2) is 4.79 Å². The number of nitrogens with one attached hydrogen (secondary N) is 1. The lowest BCUT2D eigenvalue weighted by atomic mass is 10.2. The van der Waals surface area contributed by atoms with Gasteiger partial charge in [0.25, 0.3) is 11.8 Å². The van der Waals surface area contributed by atoms with Crippen molar-refractivity contribution in [1.82, 2.24) is 0 Å². The molecule has 0 radical (unpaired) electrons. The average molecular weight is 410 g/mol. The van der Waals surface area contributed by atoms with Crippen molar-refractivity contribution in [2.45, 2.75) is 6.61 Å². The highest BCUT2D eigenvalue weighted by Gasteiger charge is 2.15. The van der Waals surface area contributed by atoms with Crippen LogP contribution in [0.25, 0.3) is 0 Å². The van der Waals surface area contributed by atoms with Crippen LogP contribution in [0.15, 0.2) is 66.0 Å². The van der Waals surface area contributed by atoms with Gasteiger partial charge in [-0.05, 0) is 35.2 Å². The Labute approximate surface area is 171 Å². The van der Waals surface area contributed by atoms with E-state index >= 15 is 0 Å². The minimum absolute atomic E-state index is 0.206. The van der Waals surface area contributed by atoms with E-state index in [1.807, 2.05) is 30.3 Å². The molecule has 2 aromatic carbocycles. The van der Waals surface area contributed by atoms with Gasteiger partial charge in [-0.2, -0.15) is 0 Å². The second kappa shape index (κ2) is 9.52. The fourth-order valence-corrected chi connectivity index (χ4v) is 3.24. The van der Waals surface area contributed by atoms with E-state index in [4.69, 9.17) is 15.2 Å². The standard InChI is InChI=1S/C21H18N2O5S/c22-19(25)17-9-10-29-20(17)23-18(24)13-28-21(26)15-7-4-8-16(11-15)27-12-14-5-2-1-3-6-14/h1-11H,12-13H2,(H2,22,25)(H,23,24). The Bertz CT molecular complexity index is 1020. The number of hydrogen-bond donors (Lipinski definition) is 2. The number of nitrogens with two attached hydrogens (primary N) is 1. The molecule has 0 spiro atoms. The summed E-state index contributed by atoms with van der Waals surface area (Å²) in [6, 6.07) is 17.7. The quantitative estimate of drug-likeness (QED) is 0.555. The van der Waals surface area contributed by atoms with E-state index in [0.717, 1.165) is 16.9 Å². The minimum atomic E-state index is -0.661. The molecule has 3 N–H and O–H groups in total. The Morgan fingerprint density at radius 1 is 1.00 bits per heavy atom. The Hall–Kier alpha value is -3.65. The number of esters is 1. The number of amides is 2. The molecule has 3 aromatic rings. The first-order valence-electron chi connectivity index (χ1n) is 8.64. The number of carbonyl (C=O) groups excluding carboxylic acids is 3. The maximum Gasteiger partial charge on any atom is 0.338 e. The maximum absolute atomic E-state index is 12.2. The lowest BCUT2D eigenvalue weighted by molar-refractivity contribution is -0.119. The number of rotatable bonds is 8. The third kappa shape index (κ3) is 5.66. The van der Waals surface area contributed by atoms with Crippen LogP contribution in [0.1, 0.15) is 26.3 Å². The predicted molar refractivity (Wildman–Crippen MR) is 109 cm³/mol. The van der Waals surface area contributed by atoms with Crippen molar-refractivity contribution in [2.24, 2.45) is 5.73 Å². The van der Waals surface area contributed by atoms with Gasteiger partial charge in [0, 0.05) is 0 Å². The summed E-state index contributed by atoms with van der Waals surface area (Å²) in [7, 11) is 0. The summed E-state index contributed by atoms with van der Waals surface area (Å²) in [4.78, 5) is 35.5. The Morgan fingerprint density at radius 3 is 2.55 bits per heavy atom. The third-order valence-corrected chi connectivity index (χ3v) is 4.67. The number of benzene rings is 2. The van der Waals surface area contributed by atoms with Crippen LogP contribution < -0.4 is 15.8 Å². The van der Waals surface area contributed by atoms with Crippen LogP contribution in [0.2, 0.25) is 0 Å². The Morgan fingerprint density at radius 2 is 1.79 bits per heavy atom. The predicted octanol–water partition coefficient (Wildman–Crippen LogP) is 3.22. The molecular weight excluding hydrogens is 392 g/mol. The zero-order chi connectivity index (χ0) is 20.6. The van der Waals surface area contributed by atoms with E-state index in [2.05, 4.69) is 5.32 Å². The molecule has 0 saturated heterocycles. The second-order valence-electron chi connectivity index (χ2n) is 5.95. The molecule has 2 amide bonds. The first-order valence-corrected chi connectivity index (χ1v) is 9.52. The van der Waals surface area contributed by atoms with Crippen LogP contribution in [0.3, 0.4) is 0 Å². The van der Waals surface area contributed by atoms with Crippen LogP contribution in [0.4, 0.5) is 5.00 Å². The van der Waals surface area contributed by atoms with Gasteiger partial charge in [-0.3, -0.25) is 9.59 Å². The fourth-order valence-electron chi connectivity index (χ4n) is 2.43. The summed E-state index contributed by atoms with van der Waals surface area (Å²) < 4.78 is 10.7. The van der Waals surface area contributed by atoms with Gasteiger partial charge < -0.3 is 20.5 Å². The van der Waals surface area contributed by atoms with Crippen LogP contribution >= 0.6 is 11.3 Å². The minimum Gasteiger partial charge on any atom is -0.489 e. The van der Waals surface area contributed by atoms with Crippen LogP contribution in [-0.4, -0.2) is 24.4 Å². The number of thiophene rings is 1. The average Bonchev–Trinajstić information content (AvgIpc) is 3.20. The summed E-state index contributed by atoms with van der Waals surface area (Å²) in [5, 5.41) is 4.45. The summed E-state index contributed by atoms with van der Waals surface area (Å²) in [6.45, 7) is -0.130. The molecule has 1 heterocycles. The first kappa shape index (κ1) is 20.1. The smallest absolute Gasteiger partial charge is 0.338 e. The molecule has 29 heavy (non-hydrogen) atoms. The summed E-state index contributed by atoms with van der Waals surface area (Å²) in [5.41, 5.74) is 6.70. The molecule has 0 saturated carbocycles. The number of anilines is 1. The van der Waals surface area contributed by atoms with Crippen LogP contribution in [0.5, 0.6) is 5.75 Å². The largest absolute Gasteiger partial charge is 0.489 e. The Balaban J connectivity index is 1.53. The normalized spacial score (nSPS) is 10.2. The van der Waals surface area contributed by atoms with Crippen molar-refractivity contribution in [3.05, 3.63) is 82.7 Å². The summed E-state index contributed by atoms with van der Waals surface area (Å²) in [5.74, 6) is -1.37. The first-order chi connectivity index (χ1) is 14.0. The van der Waals surface area contributed by atoms with Crippen molar-refractivity contribution in [3.8, 4) is 5.75 Å². The van der Waals surface area contributed by atoms with Gasteiger partial charge in [0.2, 0.25) is 0 Å². The molecule has 148 valence electrons. The molecular formula is C21H18N2O5S. The maximum atomic E-state index is 12.2. The summed E-state index contributed by atoms with van der Waals surface area (Å²) >= 11 is 1.15. The highest BCUT2D eigenvalue weighted by atomic mass is 32.1. The molecule has 0 atom stereocenters. The van der Waals surface area contributed by atoms with E-state index in [1.165, 1.54) is 6.07 Å². The highest BCUT2D eigenvalue weighted by molar-refractivity contribution is 7.14.